The van der Waals surface area contributed by atoms with Crippen molar-refractivity contribution in [1.29, 1.82) is 0 Å². The van der Waals surface area contributed by atoms with E-state index in [0.717, 1.165) is 28.4 Å². The molecule has 0 bridgehead atoms. The van der Waals surface area contributed by atoms with Gasteiger partial charge in [0.1, 0.15) is 5.70 Å². The van der Waals surface area contributed by atoms with Crippen molar-refractivity contribution >= 4 is 29.4 Å². The van der Waals surface area contributed by atoms with E-state index in [1.807, 2.05) is 60.7 Å². The molecule has 0 radical (unpaired) electrons. The summed E-state index contributed by atoms with van der Waals surface area (Å²) >= 11 is 1.11. The van der Waals surface area contributed by atoms with E-state index >= 15 is 0 Å². The van der Waals surface area contributed by atoms with Crippen LogP contribution in [0.4, 0.5) is 5.82 Å². The minimum absolute atomic E-state index is 0.0304. The zero-order valence-electron chi connectivity index (χ0n) is 15.8. The molecule has 0 spiro atoms. The third-order valence-electron chi connectivity index (χ3n) is 4.28. The average Bonchev–Trinajstić information content (AvgIpc) is 3.29. The van der Waals surface area contributed by atoms with Crippen LogP contribution in [0.2, 0.25) is 0 Å². The van der Waals surface area contributed by atoms with E-state index in [-0.39, 0.29) is 5.70 Å². The summed E-state index contributed by atoms with van der Waals surface area (Å²) in [7, 11) is 0. The van der Waals surface area contributed by atoms with Crippen LogP contribution in [0.25, 0.3) is 17.3 Å². The van der Waals surface area contributed by atoms with E-state index in [1.54, 1.807) is 6.20 Å². The van der Waals surface area contributed by atoms with Gasteiger partial charge in [-0.1, -0.05) is 65.2 Å². The highest BCUT2D eigenvalue weighted by Crippen LogP contribution is 2.23. The molecule has 0 amide bonds. The van der Waals surface area contributed by atoms with Gasteiger partial charge < -0.3 is 10.4 Å². The van der Waals surface area contributed by atoms with Crippen molar-refractivity contribution in [3.63, 3.8) is 0 Å². The molecule has 0 atom stereocenters. The van der Waals surface area contributed by atoms with Crippen LogP contribution < -0.4 is 5.32 Å². The predicted octanol–water partition coefficient (Wildman–Crippen LogP) is 4.12. The summed E-state index contributed by atoms with van der Waals surface area (Å²) < 4.78 is 3.76. The molecule has 0 aliphatic rings. The third kappa shape index (κ3) is 4.73. The van der Waals surface area contributed by atoms with Gasteiger partial charge in [-0.3, -0.25) is 0 Å². The van der Waals surface area contributed by atoms with Crippen molar-refractivity contribution in [2.24, 2.45) is 0 Å². The van der Waals surface area contributed by atoms with E-state index in [2.05, 4.69) is 19.9 Å². The molecule has 2 aromatic heterocycles. The first-order chi connectivity index (χ1) is 14.7. The molecule has 0 aliphatic heterocycles. The Balaban J connectivity index is 1.73. The molecule has 2 aromatic carbocycles. The normalized spacial score (nSPS) is 11.3. The molecule has 7 nitrogen and oxygen atoms in total. The maximum Gasteiger partial charge on any atom is 0.352 e. The van der Waals surface area contributed by atoms with Crippen LogP contribution in [0, 0.1) is 0 Å². The van der Waals surface area contributed by atoms with Gasteiger partial charge in [-0.2, -0.15) is 0 Å². The van der Waals surface area contributed by atoms with E-state index in [9.17, 15) is 9.90 Å². The molecule has 4 rings (SSSR count). The fourth-order valence-electron chi connectivity index (χ4n) is 2.85. The maximum absolute atomic E-state index is 11.8. The van der Waals surface area contributed by atoms with Crippen molar-refractivity contribution in [2.75, 3.05) is 5.32 Å². The van der Waals surface area contributed by atoms with E-state index in [0.29, 0.717) is 22.8 Å². The van der Waals surface area contributed by atoms with Crippen molar-refractivity contribution < 1.29 is 9.90 Å². The smallest absolute Gasteiger partial charge is 0.352 e. The number of rotatable bonds is 7. The molecule has 0 unspecified atom stereocenters. The number of nitrogens with zero attached hydrogens (tertiary/aromatic N) is 4. The number of hydrogen-bond donors (Lipinski definition) is 2. The van der Waals surface area contributed by atoms with Gasteiger partial charge in [0.05, 0.1) is 28.7 Å². The highest BCUT2D eigenvalue weighted by Gasteiger charge is 2.15. The van der Waals surface area contributed by atoms with E-state index in [4.69, 9.17) is 4.98 Å². The number of aliphatic carboxylic acids is 1. The Labute approximate surface area is 177 Å². The third-order valence-corrected chi connectivity index (χ3v) is 4.89. The molecular weight excluding hydrogens is 398 g/mol. The summed E-state index contributed by atoms with van der Waals surface area (Å²) in [5.41, 5.74) is 3.33. The van der Waals surface area contributed by atoms with E-state index in [1.165, 1.54) is 12.3 Å². The molecule has 0 saturated carbocycles. The Morgan fingerprint density at radius 1 is 1.03 bits per heavy atom. The standard InChI is InChI=1S/C22H17N5O2S/c28-22(29)19(12-17-13-24-27-30-17)26-21-18(11-15-7-3-1-4-8-15)25-20(14-23-21)16-9-5-2-6-10-16/h1-10,12-14H,11H2,(H,23,26)(H,28,29)/b19-12+. The fraction of sp³-hybridized carbons (Fsp3) is 0.0455. The second kappa shape index (κ2) is 9.06. The second-order valence-electron chi connectivity index (χ2n) is 6.39. The minimum atomic E-state index is -1.11. The van der Waals surface area contributed by atoms with Gasteiger partial charge in [0.2, 0.25) is 0 Å². The van der Waals surface area contributed by atoms with Gasteiger partial charge in [0.15, 0.2) is 5.82 Å². The number of hydrogen-bond acceptors (Lipinski definition) is 7. The van der Waals surface area contributed by atoms with E-state index < -0.39 is 5.97 Å². The Kier molecular flexibility index (Phi) is 5.86. The van der Waals surface area contributed by atoms with Gasteiger partial charge in [-0.05, 0) is 23.2 Å². The molecule has 4 aromatic rings. The van der Waals surface area contributed by atoms with Crippen LogP contribution in [0.3, 0.4) is 0 Å². The quantitative estimate of drug-likeness (QED) is 0.438. The number of carboxylic acids is 1. The average molecular weight is 415 g/mol. The predicted molar refractivity (Wildman–Crippen MR) is 116 cm³/mol. The van der Waals surface area contributed by atoms with Crippen LogP contribution in [-0.2, 0) is 11.2 Å². The summed E-state index contributed by atoms with van der Waals surface area (Å²) in [6.45, 7) is 0. The fourth-order valence-corrected chi connectivity index (χ4v) is 3.31. The molecule has 0 fully saturated rings. The zero-order valence-corrected chi connectivity index (χ0v) is 16.6. The van der Waals surface area contributed by atoms with Crippen molar-refractivity contribution in [1.82, 2.24) is 19.6 Å². The number of benzene rings is 2. The molecule has 148 valence electrons. The highest BCUT2D eigenvalue weighted by atomic mass is 32.1. The van der Waals surface area contributed by atoms with Gasteiger partial charge in [-0.25, -0.2) is 14.8 Å². The summed E-state index contributed by atoms with van der Waals surface area (Å²) in [5, 5.41) is 16.3. The Hall–Kier alpha value is -3.91. The lowest BCUT2D eigenvalue weighted by molar-refractivity contribution is -0.132. The topological polar surface area (TPSA) is 101 Å². The number of anilines is 1. The first-order valence-electron chi connectivity index (χ1n) is 9.13. The van der Waals surface area contributed by atoms with Crippen molar-refractivity contribution in [2.45, 2.75) is 6.42 Å². The lowest BCUT2D eigenvalue weighted by atomic mass is 10.1. The van der Waals surface area contributed by atoms with Crippen LogP contribution >= 0.6 is 11.5 Å². The summed E-state index contributed by atoms with van der Waals surface area (Å²) in [5.74, 6) is -0.715. The highest BCUT2D eigenvalue weighted by molar-refractivity contribution is 7.06. The van der Waals surface area contributed by atoms with Gasteiger partial charge in [0.25, 0.3) is 0 Å². The first kappa shape index (κ1) is 19.4. The molecular formula is C22H17N5O2S. The Bertz CT molecular complexity index is 1160. The summed E-state index contributed by atoms with van der Waals surface area (Å²) in [6.07, 6.45) is 5.13. The van der Waals surface area contributed by atoms with Gasteiger partial charge in [-0.15, -0.1) is 5.10 Å². The molecule has 0 aliphatic carbocycles. The number of aromatic nitrogens is 4. The SMILES string of the molecule is O=C(O)/C(=C\c1cnns1)Nc1ncc(-c2ccccc2)nc1Cc1ccccc1. The van der Waals surface area contributed by atoms with Crippen LogP contribution in [-0.4, -0.2) is 30.6 Å². The molecule has 8 heteroatoms. The van der Waals surface area contributed by atoms with Crippen molar-refractivity contribution in [3.05, 3.63) is 94.9 Å². The number of carbonyl (C=O) groups is 1. The van der Waals surface area contributed by atoms with Crippen molar-refractivity contribution in [3.8, 4) is 11.3 Å². The summed E-state index contributed by atoms with van der Waals surface area (Å²) in [6, 6.07) is 19.6. The number of nitrogens with one attached hydrogen (secondary N) is 1. The van der Waals surface area contributed by atoms with Gasteiger partial charge >= 0.3 is 5.97 Å². The van der Waals surface area contributed by atoms with Crippen LogP contribution in [0.15, 0.2) is 78.8 Å². The first-order valence-corrected chi connectivity index (χ1v) is 9.91. The zero-order chi connectivity index (χ0) is 20.8. The summed E-state index contributed by atoms with van der Waals surface area (Å²) in [4.78, 5) is 21.7. The lowest BCUT2D eigenvalue weighted by Gasteiger charge is -2.13. The van der Waals surface area contributed by atoms with Crippen LogP contribution in [0.1, 0.15) is 16.1 Å². The lowest BCUT2D eigenvalue weighted by Crippen LogP contribution is -2.14. The maximum atomic E-state index is 11.8. The van der Waals surface area contributed by atoms with Gasteiger partial charge in [0, 0.05) is 12.0 Å². The second-order valence-corrected chi connectivity index (χ2v) is 7.20. The number of carboxylic acid groups (broad SMARTS) is 1. The molecule has 2 heterocycles. The Morgan fingerprint density at radius 2 is 1.77 bits per heavy atom. The Morgan fingerprint density at radius 3 is 2.43 bits per heavy atom. The van der Waals surface area contributed by atoms with Crippen LogP contribution in [0.5, 0.6) is 0 Å². The minimum Gasteiger partial charge on any atom is -0.477 e. The largest absolute Gasteiger partial charge is 0.477 e. The molecule has 0 saturated heterocycles. The molecule has 30 heavy (non-hydrogen) atoms. The monoisotopic (exact) mass is 415 g/mol. The molecule has 2 N–H and O–H groups in total.